The minimum Gasteiger partial charge on any atom is -0.497 e. The summed E-state index contributed by atoms with van der Waals surface area (Å²) in [5.41, 5.74) is 0.187. The minimum absolute atomic E-state index is 0.577. The molecule has 1 saturated carbocycles. The lowest BCUT2D eigenvalue weighted by atomic mass is 9.65. The SMILES string of the molecule is COc1cccc(C(O)C2(C#N)CCC2)c1. The van der Waals surface area contributed by atoms with E-state index >= 15 is 0 Å². The first kappa shape index (κ1) is 11.0. The summed E-state index contributed by atoms with van der Waals surface area (Å²) in [5.74, 6) is 0.712. The van der Waals surface area contributed by atoms with Crippen LogP contribution in [-0.4, -0.2) is 12.2 Å². The van der Waals surface area contributed by atoms with Gasteiger partial charge in [0.25, 0.3) is 0 Å². The molecular formula is C13H15NO2. The molecule has 1 aromatic carbocycles. The van der Waals surface area contributed by atoms with Crippen LogP contribution >= 0.6 is 0 Å². The molecule has 1 unspecified atom stereocenters. The first-order chi connectivity index (χ1) is 7.72. The maximum atomic E-state index is 10.2. The number of aliphatic hydroxyl groups is 1. The van der Waals surface area contributed by atoms with Crippen molar-refractivity contribution in [3.8, 4) is 11.8 Å². The number of rotatable bonds is 3. The van der Waals surface area contributed by atoms with E-state index in [2.05, 4.69) is 6.07 Å². The van der Waals surface area contributed by atoms with E-state index in [9.17, 15) is 5.11 Å². The van der Waals surface area contributed by atoms with Crippen molar-refractivity contribution in [3.63, 3.8) is 0 Å². The monoisotopic (exact) mass is 217 g/mol. The summed E-state index contributed by atoms with van der Waals surface area (Å²) >= 11 is 0. The highest BCUT2D eigenvalue weighted by molar-refractivity contribution is 5.32. The van der Waals surface area contributed by atoms with Gasteiger partial charge in [0.15, 0.2) is 0 Å². The van der Waals surface area contributed by atoms with Crippen molar-refractivity contribution in [2.75, 3.05) is 7.11 Å². The standard InChI is InChI=1S/C13H15NO2/c1-16-11-5-2-4-10(8-11)12(15)13(9-14)6-3-7-13/h2,4-5,8,12,15H,3,6-7H2,1H3. The first-order valence-corrected chi connectivity index (χ1v) is 5.45. The normalized spacial score (nSPS) is 19.3. The lowest BCUT2D eigenvalue weighted by molar-refractivity contribution is 0.00783. The minimum atomic E-state index is -0.707. The van der Waals surface area contributed by atoms with E-state index in [1.165, 1.54) is 0 Å². The molecule has 84 valence electrons. The average molecular weight is 217 g/mol. The summed E-state index contributed by atoms with van der Waals surface area (Å²) in [7, 11) is 1.59. The summed E-state index contributed by atoms with van der Waals surface area (Å²) in [6, 6.07) is 9.56. The lowest BCUT2D eigenvalue weighted by Crippen LogP contribution is -2.34. The Kier molecular flexibility index (Phi) is 2.84. The van der Waals surface area contributed by atoms with Crippen molar-refractivity contribution in [2.24, 2.45) is 5.41 Å². The Morgan fingerprint density at radius 1 is 1.50 bits per heavy atom. The predicted molar refractivity (Wildman–Crippen MR) is 59.9 cm³/mol. The molecule has 1 N–H and O–H groups in total. The van der Waals surface area contributed by atoms with Gasteiger partial charge in [-0.3, -0.25) is 0 Å². The van der Waals surface area contributed by atoms with E-state index < -0.39 is 11.5 Å². The molecule has 16 heavy (non-hydrogen) atoms. The van der Waals surface area contributed by atoms with Crippen LogP contribution in [0.4, 0.5) is 0 Å². The van der Waals surface area contributed by atoms with Crippen LogP contribution < -0.4 is 4.74 Å². The Balaban J connectivity index is 2.26. The summed E-state index contributed by atoms with van der Waals surface area (Å²) in [5, 5.41) is 19.4. The molecule has 0 bridgehead atoms. The van der Waals surface area contributed by atoms with Gasteiger partial charge in [0.2, 0.25) is 0 Å². The number of hydrogen-bond acceptors (Lipinski definition) is 3. The highest BCUT2D eigenvalue weighted by Crippen LogP contribution is 2.49. The molecule has 0 spiro atoms. The van der Waals surface area contributed by atoms with Gasteiger partial charge in [0.1, 0.15) is 5.75 Å². The molecule has 0 heterocycles. The average Bonchev–Trinajstić information content (AvgIpc) is 2.28. The Labute approximate surface area is 95.3 Å². The first-order valence-electron chi connectivity index (χ1n) is 5.45. The second-order valence-electron chi connectivity index (χ2n) is 4.30. The molecule has 0 radical (unpaired) electrons. The second kappa shape index (κ2) is 4.15. The second-order valence-corrected chi connectivity index (χ2v) is 4.30. The fourth-order valence-corrected chi connectivity index (χ4v) is 2.13. The number of ether oxygens (including phenoxy) is 1. The van der Waals surface area contributed by atoms with Crippen molar-refractivity contribution in [1.29, 1.82) is 5.26 Å². The van der Waals surface area contributed by atoms with Gasteiger partial charge in [-0.1, -0.05) is 18.6 Å². The summed E-state index contributed by atoms with van der Waals surface area (Å²) in [4.78, 5) is 0. The topological polar surface area (TPSA) is 53.2 Å². The third-order valence-corrected chi connectivity index (χ3v) is 3.40. The molecule has 1 aliphatic carbocycles. The van der Waals surface area contributed by atoms with Crippen LogP contribution in [-0.2, 0) is 0 Å². The predicted octanol–water partition coefficient (Wildman–Crippen LogP) is 2.42. The third kappa shape index (κ3) is 1.66. The van der Waals surface area contributed by atoms with E-state index in [4.69, 9.17) is 10.00 Å². The summed E-state index contributed by atoms with van der Waals surface area (Å²) < 4.78 is 5.11. The molecule has 3 heteroatoms. The fraction of sp³-hybridized carbons (Fsp3) is 0.462. The maximum absolute atomic E-state index is 10.2. The quantitative estimate of drug-likeness (QED) is 0.845. The zero-order valence-corrected chi connectivity index (χ0v) is 9.31. The molecule has 1 fully saturated rings. The van der Waals surface area contributed by atoms with Crippen LogP contribution in [0.25, 0.3) is 0 Å². The zero-order chi connectivity index (χ0) is 11.6. The van der Waals surface area contributed by atoms with Crippen molar-refractivity contribution in [3.05, 3.63) is 29.8 Å². The smallest absolute Gasteiger partial charge is 0.119 e. The van der Waals surface area contributed by atoms with E-state index in [-0.39, 0.29) is 0 Å². The molecule has 1 aromatic rings. The number of nitrogens with zero attached hydrogens (tertiary/aromatic N) is 1. The Morgan fingerprint density at radius 2 is 2.25 bits per heavy atom. The van der Waals surface area contributed by atoms with E-state index in [1.54, 1.807) is 13.2 Å². The Bertz CT molecular complexity index is 418. The van der Waals surface area contributed by atoms with E-state index in [1.807, 2.05) is 18.2 Å². The lowest BCUT2D eigenvalue weighted by Gasteiger charge is -2.39. The number of methoxy groups -OCH3 is 1. The number of benzene rings is 1. The zero-order valence-electron chi connectivity index (χ0n) is 9.31. The van der Waals surface area contributed by atoms with Gasteiger partial charge in [-0.2, -0.15) is 5.26 Å². The van der Waals surface area contributed by atoms with Gasteiger partial charge in [-0.25, -0.2) is 0 Å². The number of aliphatic hydroxyl groups excluding tert-OH is 1. The highest BCUT2D eigenvalue weighted by atomic mass is 16.5. The van der Waals surface area contributed by atoms with Gasteiger partial charge >= 0.3 is 0 Å². The van der Waals surface area contributed by atoms with Crippen molar-refractivity contribution >= 4 is 0 Å². The largest absolute Gasteiger partial charge is 0.497 e. The molecule has 2 rings (SSSR count). The summed E-state index contributed by atoms with van der Waals surface area (Å²) in [6.45, 7) is 0. The molecule has 1 aliphatic rings. The van der Waals surface area contributed by atoms with E-state index in [0.717, 1.165) is 24.8 Å². The van der Waals surface area contributed by atoms with Crippen LogP contribution in [0.2, 0.25) is 0 Å². The van der Waals surface area contributed by atoms with Crippen LogP contribution in [0, 0.1) is 16.7 Å². The van der Waals surface area contributed by atoms with E-state index in [0.29, 0.717) is 5.75 Å². The molecule has 0 saturated heterocycles. The molecule has 1 atom stereocenters. The van der Waals surface area contributed by atoms with Crippen molar-refractivity contribution in [1.82, 2.24) is 0 Å². The van der Waals surface area contributed by atoms with Gasteiger partial charge in [0, 0.05) is 0 Å². The molecule has 0 amide bonds. The van der Waals surface area contributed by atoms with Crippen LogP contribution in [0.1, 0.15) is 30.9 Å². The molecule has 0 aromatic heterocycles. The molecule has 0 aliphatic heterocycles. The number of hydrogen-bond donors (Lipinski definition) is 1. The molecular weight excluding hydrogens is 202 g/mol. The Hall–Kier alpha value is -1.53. The fourth-order valence-electron chi connectivity index (χ4n) is 2.13. The Morgan fingerprint density at radius 3 is 2.75 bits per heavy atom. The summed E-state index contributed by atoms with van der Waals surface area (Å²) in [6.07, 6.45) is 1.87. The maximum Gasteiger partial charge on any atom is 0.119 e. The van der Waals surface area contributed by atoms with Crippen molar-refractivity contribution in [2.45, 2.75) is 25.4 Å². The highest BCUT2D eigenvalue weighted by Gasteiger charge is 2.44. The van der Waals surface area contributed by atoms with Crippen LogP contribution in [0.5, 0.6) is 5.75 Å². The van der Waals surface area contributed by atoms with Crippen LogP contribution in [0.3, 0.4) is 0 Å². The van der Waals surface area contributed by atoms with Gasteiger partial charge in [-0.05, 0) is 30.5 Å². The van der Waals surface area contributed by atoms with Gasteiger partial charge in [0.05, 0.1) is 24.7 Å². The van der Waals surface area contributed by atoms with Gasteiger partial charge in [-0.15, -0.1) is 0 Å². The van der Waals surface area contributed by atoms with Crippen molar-refractivity contribution < 1.29 is 9.84 Å². The van der Waals surface area contributed by atoms with Crippen LogP contribution in [0.15, 0.2) is 24.3 Å². The third-order valence-electron chi connectivity index (χ3n) is 3.40. The number of nitriles is 1. The van der Waals surface area contributed by atoms with Gasteiger partial charge < -0.3 is 9.84 Å². The molecule has 3 nitrogen and oxygen atoms in total.